The average molecular weight is 358 g/mol. The van der Waals surface area contributed by atoms with E-state index < -0.39 is 4.92 Å². The van der Waals surface area contributed by atoms with Gasteiger partial charge < -0.3 is 10.6 Å². The smallest absolute Gasteiger partial charge is 0.353 e. The van der Waals surface area contributed by atoms with Gasteiger partial charge in [0.25, 0.3) is 0 Å². The molecule has 0 bridgehead atoms. The fourth-order valence-corrected chi connectivity index (χ4v) is 2.14. The second-order valence-corrected chi connectivity index (χ2v) is 5.31. The third-order valence-electron chi connectivity index (χ3n) is 3.16. The van der Waals surface area contributed by atoms with Crippen molar-refractivity contribution in [3.05, 3.63) is 69.9 Å². The van der Waals surface area contributed by atoms with Gasteiger partial charge in [0.1, 0.15) is 12.1 Å². The van der Waals surface area contributed by atoms with E-state index in [-0.39, 0.29) is 17.3 Å². The van der Waals surface area contributed by atoms with E-state index in [1.54, 1.807) is 30.6 Å². The molecule has 0 amide bonds. The number of rotatable bonds is 6. The fourth-order valence-electron chi connectivity index (χ4n) is 2.03. The van der Waals surface area contributed by atoms with Gasteiger partial charge in [-0.1, -0.05) is 17.7 Å². The Bertz CT molecular complexity index is 875. The van der Waals surface area contributed by atoms with Crippen molar-refractivity contribution < 1.29 is 4.92 Å². The molecule has 0 aliphatic rings. The molecular formula is C15H12ClN7O2. The number of aromatic nitrogens is 4. The van der Waals surface area contributed by atoms with Crippen LogP contribution >= 0.6 is 11.6 Å². The monoisotopic (exact) mass is 357 g/mol. The molecule has 10 heteroatoms. The number of hydrogen-bond acceptors (Lipinski definition) is 8. The predicted octanol–water partition coefficient (Wildman–Crippen LogP) is 3.18. The van der Waals surface area contributed by atoms with Crippen LogP contribution in [0, 0.1) is 10.1 Å². The minimum Gasteiger partial charge on any atom is -0.360 e. The SMILES string of the molecule is O=[N+]([O-])c1c(NCc2cccnc2)ncnc1Nc1ccc(Cl)cn1. The molecule has 3 heterocycles. The van der Waals surface area contributed by atoms with E-state index in [4.69, 9.17) is 11.6 Å². The first-order valence-corrected chi connectivity index (χ1v) is 7.52. The van der Waals surface area contributed by atoms with Crippen LogP contribution < -0.4 is 10.6 Å². The van der Waals surface area contributed by atoms with Gasteiger partial charge in [-0.05, 0) is 23.8 Å². The van der Waals surface area contributed by atoms with Gasteiger partial charge in [-0.25, -0.2) is 15.0 Å². The van der Waals surface area contributed by atoms with Crippen molar-refractivity contribution in [3.63, 3.8) is 0 Å². The summed E-state index contributed by atoms with van der Waals surface area (Å²) in [6, 6.07) is 6.84. The Hall–Kier alpha value is -3.33. The van der Waals surface area contributed by atoms with Crippen molar-refractivity contribution in [1.82, 2.24) is 19.9 Å². The van der Waals surface area contributed by atoms with Crippen LogP contribution in [0.3, 0.4) is 0 Å². The van der Waals surface area contributed by atoms with Crippen LogP contribution in [0.5, 0.6) is 0 Å². The first-order valence-electron chi connectivity index (χ1n) is 7.14. The van der Waals surface area contributed by atoms with Gasteiger partial charge >= 0.3 is 5.69 Å². The molecule has 3 aromatic rings. The van der Waals surface area contributed by atoms with E-state index >= 15 is 0 Å². The number of pyridine rings is 2. The molecule has 0 spiro atoms. The van der Waals surface area contributed by atoms with Gasteiger partial charge in [0.05, 0.1) is 9.95 Å². The Kier molecular flexibility index (Phi) is 4.95. The Morgan fingerprint density at radius 1 is 1.12 bits per heavy atom. The second kappa shape index (κ2) is 7.49. The van der Waals surface area contributed by atoms with Gasteiger partial charge in [-0.3, -0.25) is 15.1 Å². The van der Waals surface area contributed by atoms with E-state index in [2.05, 4.69) is 30.6 Å². The molecule has 0 fully saturated rings. The first-order chi connectivity index (χ1) is 12.1. The molecule has 126 valence electrons. The highest BCUT2D eigenvalue weighted by Crippen LogP contribution is 2.31. The minimum absolute atomic E-state index is 0.0310. The molecule has 25 heavy (non-hydrogen) atoms. The van der Waals surface area contributed by atoms with Gasteiger partial charge in [-0.2, -0.15) is 0 Å². The number of nitrogens with one attached hydrogen (secondary N) is 2. The maximum atomic E-state index is 11.5. The summed E-state index contributed by atoms with van der Waals surface area (Å²) in [6.45, 7) is 0.338. The van der Waals surface area contributed by atoms with Crippen LogP contribution in [0.15, 0.2) is 49.2 Å². The second-order valence-electron chi connectivity index (χ2n) is 4.88. The van der Waals surface area contributed by atoms with Gasteiger partial charge in [0, 0.05) is 25.1 Å². The topological polar surface area (TPSA) is 119 Å². The summed E-state index contributed by atoms with van der Waals surface area (Å²) < 4.78 is 0. The Morgan fingerprint density at radius 2 is 1.96 bits per heavy atom. The van der Waals surface area contributed by atoms with Crippen molar-refractivity contribution in [3.8, 4) is 0 Å². The zero-order valence-electron chi connectivity index (χ0n) is 12.8. The van der Waals surface area contributed by atoms with Crippen molar-refractivity contribution in [1.29, 1.82) is 0 Å². The van der Waals surface area contributed by atoms with Gasteiger partial charge in [0.15, 0.2) is 0 Å². The van der Waals surface area contributed by atoms with Crippen molar-refractivity contribution in [2.45, 2.75) is 6.54 Å². The zero-order chi connectivity index (χ0) is 17.6. The lowest BCUT2D eigenvalue weighted by atomic mass is 10.3. The summed E-state index contributed by atoms with van der Waals surface area (Å²) >= 11 is 5.78. The highest BCUT2D eigenvalue weighted by molar-refractivity contribution is 6.30. The molecule has 0 saturated carbocycles. The number of halogens is 1. The molecule has 0 aromatic carbocycles. The highest BCUT2D eigenvalue weighted by atomic mass is 35.5. The summed E-state index contributed by atoms with van der Waals surface area (Å²) in [7, 11) is 0. The molecule has 3 rings (SSSR count). The molecule has 0 unspecified atom stereocenters. The van der Waals surface area contributed by atoms with E-state index in [1.165, 1.54) is 12.5 Å². The van der Waals surface area contributed by atoms with E-state index in [0.717, 1.165) is 5.56 Å². The Balaban J connectivity index is 1.86. The average Bonchev–Trinajstić information content (AvgIpc) is 2.62. The van der Waals surface area contributed by atoms with E-state index in [1.807, 2.05) is 6.07 Å². The third-order valence-corrected chi connectivity index (χ3v) is 3.39. The maximum Gasteiger partial charge on any atom is 0.353 e. The number of hydrogen-bond donors (Lipinski definition) is 2. The Morgan fingerprint density at radius 3 is 2.64 bits per heavy atom. The van der Waals surface area contributed by atoms with Crippen LogP contribution in [0.1, 0.15) is 5.56 Å². The normalized spacial score (nSPS) is 10.3. The first kappa shape index (κ1) is 16.5. The Labute approximate surface area is 147 Å². The van der Waals surface area contributed by atoms with Crippen molar-refractivity contribution >= 4 is 34.7 Å². The zero-order valence-corrected chi connectivity index (χ0v) is 13.5. The summed E-state index contributed by atoms with van der Waals surface area (Å²) in [5.41, 5.74) is 0.590. The predicted molar refractivity (Wildman–Crippen MR) is 92.8 cm³/mol. The van der Waals surface area contributed by atoms with Crippen LogP contribution in [0.2, 0.25) is 5.02 Å². The molecule has 3 aromatic heterocycles. The van der Waals surface area contributed by atoms with Crippen LogP contribution in [0.25, 0.3) is 0 Å². The largest absolute Gasteiger partial charge is 0.360 e. The molecule has 0 radical (unpaired) electrons. The number of nitro groups is 1. The van der Waals surface area contributed by atoms with Crippen LogP contribution in [0.4, 0.5) is 23.1 Å². The standard InChI is InChI=1S/C15H12ClN7O2/c16-11-3-4-12(18-8-11)22-15-13(23(24)25)14(20-9-21-15)19-7-10-2-1-5-17-6-10/h1-6,8-9H,7H2,(H2,18,19,20,21,22). The van der Waals surface area contributed by atoms with Gasteiger partial charge in [0.2, 0.25) is 11.6 Å². The molecular weight excluding hydrogens is 346 g/mol. The lowest BCUT2D eigenvalue weighted by Crippen LogP contribution is -2.08. The summed E-state index contributed by atoms with van der Waals surface area (Å²) in [5.74, 6) is 0.508. The summed E-state index contributed by atoms with van der Waals surface area (Å²) in [6.07, 6.45) is 5.98. The minimum atomic E-state index is -0.552. The molecule has 0 aliphatic carbocycles. The number of anilines is 3. The van der Waals surface area contributed by atoms with Crippen molar-refractivity contribution in [2.24, 2.45) is 0 Å². The van der Waals surface area contributed by atoms with Gasteiger partial charge in [-0.15, -0.1) is 0 Å². The molecule has 2 N–H and O–H groups in total. The molecule has 0 atom stereocenters. The summed E-state index contributed by atoms with van der Waals surface area (Å²) in [5, 5.41) is 17.7. The van der Waals surface area contributed by atoms with E-state index in [0.29, 0.717) is 17.4 Å². The lowest BCUT2D eigenvalue weighted by Gasteiger charge is -2.09. The number of nitrogens with zero attached hydrogens (tertiary/aromatic N) is 5. The lowest BCUT2D eigenvalue weighted by molar-refractivity contribution is -0.383. The quantitative estimate of drug-likeness (QED) is 0.510. The highest BCUT2D eigenvalue weighted by Gasteiger charge is 2.23. The van der Waals surface area contributed by atoms with E-state index in [9.17, 15) is 10.1 Å². The van der Waals surface area contributed by atoms with Crippen LogP contribution in [-0.4, -0.2) is 24.9 Å². The fraction of sp³-hybridized carbons (Fsp3) is 0.0667. The molecule has 0 aliphatic heterocycles. The third kappa shape index (κ3) is 4.15. The molecule has 0 saturated heterocycles. The maximum absolute atomic E-state index is 11.5. The summed E-state index contributed by atoms with van der Waals surface area (Å²) in [4.78, 5) is 26.9. The van der Waals surface area contributed by atoms with Crippen molar-refractivity contribution in [2.75, 3.05) is 10.6 Å². The van der Waals surface area contributed by atoms with Crippen LogP contribution in [-0.2, 0) is 6.54 Å². The molecule has 9 nitrogen and oxygen atoms in total.